The van der Waals surface area contributed by atoms with Crippen LogP contribution >= 0.6 is 11.8 Å². The number of thioether (sulfide) groups is 1. The minimum Gasteiger partial charge on any atom is -0.311 e. The van der Waals surface area contributed by atoms with E-state index in [1.54, 1.807) is 0 Å². The topological polar surface area (TPSA) is 15.3 Å². The van der Waals surface area contributed by atoms with Crippen LogP contribution in [0.1, 0.15) is 47.5 Å². The zero-order valence-corrected chi connectivity index (χ0v) is 13.1. The molecule has 1 aliphatic heterocycles. The largest absolute Gasteiger partial charge is 0.311 e. The van der Waals surface area contributed by atoms with Crippen molar-refractivity contribution in [2.75, 3.05) is 25.4 Å². The standard InChI is InChI=1S/C14H30N2S/c1-6-12(10-15-14(3,4)5)16-8-9-17-13(7-2)11-16/h12-13,15H,6-11H2,1-5H3. The summed E-state index contributed by atoms with van der Waals surface area (Å²) in [5.74, 6) is 1.31. The van der Waals surface area contributed by atoms with Crippen molar-refractivity contribution in [3.8, 4) is 0 Å². The summed E-state index contributed by atoms with van der Waals surface area (Å²) in [7, 11) is 0. The van der Waals surface area contributed by atoms with Crippen molar-refractivity contribution < 1.29 is 0 Å². The molecular weight excluding hydrogens is 228 g/mol. The fourth-order valence-corrected chi connectivity index (χ4v) is 3.48. The molecular formula is C14H30N2S. The number of nitrogens with zero attached hydrogens (tertiary/aromatic N) is 1. The Balaban J connectivity index is 2.43. The van der Waals surface area contributed by atoms with Crippen LogP contribution < -0.4 is 5.32 Å². The highest BCUT2D eigenvalue weighted by molar-refractivity contribution is 8.00. The Hall–Kier alpha value is 0.270. The third-order valence-electron chi connectivity index (χ3n) is 3.48. The Bertz CT molecular complexity index is 213. The molecule has 0 saturated carbocycles. The van der Waals surface area contributed by atoms with Crippen LogP contribution in [-0.4, -0.2) is 47.1 Å². The Morgan fingerprint density at radius 3 is 2.59 bits per heavy atom. The van der Waals surface area contributed by atoms with Crippen LogP contribution in [0.2, 0.25) is 0 Å². The first-order valence-corrected chi connectivity index (χ1v) is 8.11. The van der Waals surface area contributed by atoms with Crippen LogP contribution in [-0.2, 0) is 0 Å². The predicted octanol–water partition coefficient (Wildman–Crippen LogP) is 2.98. The Morgan fingerprint density at radius 1 is 1.35 bits per heavy atom. The first-order valence-electron chi connectivity index (χ1n) is 7.07. The maximum Gasteiger partial charge on any atom is 0.0218 e. The zero-order chi connectivity index (χ0) is 12.9. The molecule has 0 aromatic carbocycles. The summed E-state index contributed by atoms with van der Waals surface area (Å²) in [6, 6.07) is 0.712. The van der Waals surface area contributed by atoms with E-state index in [0.29, 0.717) is 6.04 Å². The zero-order valence-electron chi connectivity index (χ0n) is 12.3. The second-order valence-corrected chi connectivity index (χ2v) is 7.50. The van der Waals surface area contributed by atoms with Crippen molar-refractivity contribution in [3.63, 3.8) is 0 Å². The molecule has 0 spiro atoms. The first kappa shape index (κ1) is 15.3. The molecule has 0 bridgehead atoms. The minimum absolute atomic E-state index is 0.238. The van der Waals surface area contributed by atoms with Gasteiger partial charge in [0.25, 0.3) is 0 Å². The molecule has 0 amide bonds. The number of hydrogen-bond donors (Lipinski definition) is 1. The van der Waals surface area contributed by atoms with Crippen molar-refractivity contribution in [1.82, 2.24) is 10.2 Å². The smallest absolute Gasteiger partial charge is 0.0218 e. The first-order chi connectivity index (χ1) is 7.96. The molecule has 2 atom stereocenters. The van der Waals surface area contributed by atoms with Crippen LogP contribution in [0, 0.1) is 0 Å². The van der Waals surface area contributed by atoms with Crippen LogP contribution in [0.15, 0.2) is 0 Å². The van der Waals surface area contributed by atoms with Gasteiger partial charge < -0.3 is 5.32 Å². The molecule has 0 aromatic heterocycles. The lowest BCUT2D eigenvalue weighted by atomic mass is 10.1. The number of hydrogen-bond acceptors (Lipinski definition) is 3. The minimum atomic E-state index is 0.238. The van der Waals surface area contributed by atoms with Gasteiger partial charge in [0.05, 0.1) is 0 Å². The van der Waals surface area contributed by atoms with Crippen molar-refractivity contribution in [3.05, 3.63) is 0 Å². The molecule has 1 heterocycles. The summed E-state index contributed by atoms with van der Waals surface area (Å²) in [6.45, 7) is 15.1. The van der Waals surface area contributed by atoms with E-state index in [-0.39, 0.29) is 5.54 Å². The number of nitrogens with one attached hydrogen (secondary N) is 1. The lowest BCUT2D eigenvalue weighted by Gasteiger charge is -2.38. The van der Waals surface area contributed by atoms with Crippen molar-refractivity contribution >= 4 is 11.8 Å². The van der Waals surface area contributed by atoms with Gasteiger partial charge in [0.1, 0.15) is 0 Å². The van der Waals surface area contributed by atoms with Gasteiger partial charge >= 0.3 is 0 Å². The maximum absolute atomic E-state index is 3.65. The molecule has 1 aliphatic rings. The molecule has 102 valence electrons. The molecule has 2 unspecified atom stereocenters. The molecule has 1 rings (SSSR count). The fraction of sp³-hybridized carbons (Fsp3) is 1.00. The second kappa shape index (κ2) is 7.01. The van der Waals surface area contributed by atoms with E-state index in [0.717, 1.165) is 11.8 Å². The maximum atomic E-state index is 3.65. The molecule has 3 heteroatoms. The van der Waals surface area contributed by atoms with Gasteiger partial charge in [-0.1, -0.05) is 13.8 Å². The van der Waals surface area contributed by atoms with Crippen molar-refractivity contribution in [1.29, 1.82) is 0 Å². The summed E-state index contributed by atoms with van der Waals surface area (Å²) in [5.41, 5.74) is 0.238. The van der Waals surface area contributed by atoms with Gasteiger partial charge in [0.15, 0.2) is 0 Å². The third kappa shape index (κ3) is 5.62. The van der Waals surface area contributed by atoms with Gasteiger partial charge in [0.2, 0.25) is 0 Å². The summed E-state index contributed by atoms with van der Waals surface area (Å²) >= 11 is 2.16. The molecule has 0 aliphatic carbocycles. The summed E-state index contributed by atoms with van der Waals surface area (Å²) in [6.07, 6.45) is 2.56. The Kier molecular flexibility index (Phi) is 6.32. The SMILES string of the molecule is CCC1CN(C(CC)CNC(C)(C)C)CCS1. The fourth-order valence-electron chi connectivity index (χ4n) is 2.28. The van der Waals surface area contributed by atoms with Crippen molar-refractivity contribution in [2.45, 2.75) is 64.3 Å². The second-order valence-electron chi connectivity index (χ2n) is 6.09. The molecule has 1 N–H and O–H groups in total. The van der Waals surface area contributed by atoms with Crippen LogP contribution in [0.3, 0.4) is 0 Å². The van der Waals surface area contributed by atoms with Gasteiger partial charge in [-0.15, -0.1) is 0 Å². The lowest BCUT2D eigenvalue weighted by molar-refractivity contribution is 0.182. The van der Waals surface area contributed by atoms with Crippen LogP contribution in [0.5, 0.6) is 0 Å². The molecule has 1 saturated heterocycles. The van der Waals surface area contributed by atoms with Gasteiger partial charge in [0, 0.05) is 42.2 Å². The molecule has 0 aromatic rings. The molecule has 17 heavy (non-hydrogen) atoms. The van der Waals surface area contributed by atoms with Gasteiger partial charge in [-0.25, -0.2) is 0 Å². The summed E-state index contributed by atoms with van der Waals surface area (Å²) in [5, 5.41) is 4.51. The van der Waals surface area contributed by atoms with Crippen LogP contribution in [0.25, 0.3) is 0 Å². The summed E-state index contributed by atoms with van der Waals surface area (Å²) in [4.78, 5) is 2.70. The summed E-state index contributed by atoms with van der Waals surface area (Å²) < 4.78 is 0. The van der Waals surface area contributed by atoms with Gasteiger partial charge in [-0.3, -0.25) is 4.90 Å². The lowest BCUT2D eigenvalue weighted by Crippen LogP contribution is -2.51. The predicted molar refractivity (Wildman–Crippen MR) is 79.9 cm³/mol. The van der Waals surface area contributed by atoms with Gasteiger partial charge in [-0.05, 0) is 33.6 Å². The Morgan fingerprint density at radius 2 is 2.06 bits per heavy atom. The van der Waals surface area contributed by atoms with E-state index >= 15 is 0 Å². The van der Waals surface area contributed by atoms with Gasteiger partial charge in [-0.2, -0.15) is 11.8 Å². The van der Waals surface area contributed by atoms with E-state index in [4.69, 9.17) is 0 Å². The Labute approximate surface area is 112 Å². The van der Waals surface area contributed by atoms with E-state index in [2.05, 4.69) is 56.6 Å². The van der Waals surface area contributed by atoms with E-state index in [1.807, 2.05) is 0 Å². The normalized spacial score (nSPS) is 24.9. The van der Waals surface area contributed by atoms with Crippen molar-refractivity contribution in [2.24, 2.45) is 0 Å². The highest BCUT2D eigenvalue weighted by atomic mass is 32.2. The average Bonchev–Trinajstić information content (AvgIpc) is 2.29. The third-order valence-corrected chi connectivity index (χ3v) is 4.85. The highest BCUT2D eigenvalue weighted by Crippen LogP contribution is 2.23. The molecule has 1 fully saturated rings. The highest BCUT2D eigenvalue weighted by Gasteiger charge is 2.25. The quantitative estimate of drug-likeness (QED) is 0.816. The number of rotatable bonds is 5. The monoisotopic (exact) mass is 258 g/mol. The molecule has 0 radical (unpaired) electrons. The average molecular weight is 258 g/mol. The van der Waals surface area contributed by atoms with E-state index in [9.17, 15) is 0 Å². The van der Waals surface area contributed by atoms with E-state index < -0.39 is 0 Å². The molecule has 2 nitrogen and oxygen atoms in total. The van der Waals surface area contributed by atoms with Crippen LogP contribution in [0.4, 0.5) is 0 Å². The van der Waals surface area contributed by atoms with E-state index in [1.165, 1.54) is 31.7 Å².